The van der Waals surface area contributed by atoms with Gasteiger partial charge in [-0.15, -0.1) is 0 Å². The van der Waals surface area contributed by atoms with Crippen LogP contribution >= 0.6 is 0 Å². The molecule has 0 aromatic rings. The second-order valence-corrected chi connectivity index (χ2v) is 6.75. The molecule has 4 heteroatoms. The maximum atomic E-state index is 12.4. The van der Waals surface area contributed by atoms with Gasteiger partial charge in [-0.2, -0.15) is 0 Å². The third kappa shape index (κ3) is 3.17. The second-order valence-electron chi connectivity index (χ2n) is 6.75. The Morgan fingerprint density at radius 3 is 2.50 bits per heavy atom. The third-order valence-electron chi connectivity index (χ3n) is 5.21. The van der Waals surface area contributed by atoms with E-state index in [0.717, 1.165) is 44.9 Å². The summed E-state index contributed by atoms with van der Waals surface area (Å²) in [5.74, 6) is 1.87. The molecule has 0 amide bonds. The maximum Gasteiger partial charge on any atom is 0.327 e. The first-order chi connectivity index (χ1) is 9.53. The number of carbonyl (C=O) groups excluding carboxylic acids is 1. The van der Waals surface area contributed by atoms with E-state index in [4.69, 9.17) is 4.74 Å². The number of likely N-dealkylation sites (tertiary alicyclic amines) is 1. The van der Waals surface area contributed by atoms with Crippen LogP contribution in [0.25, 0.3) is 0 Å². The van der Waals surface area contributed by atoms with E-state index in [-0.39, 0.29) is 5.97 Å². The Kier molecular flexibility index (Phi) is 5.08. The van der Waals surface area contributed by atoms with Gasteiger partial charge in [0.15, 0.2) is 0 Å². The summed E-state index contributed by atoms with van der Waals surface area (Å²) < 4.78 is 5.13. The minimum absolute atomic E-state index is 0.0758. The fraction of sp³-hybridized carbons (Fsp3) is 0.938. The summed E-state index contributed by atoms with van der Waals surface area (Å²) in [5.41, 5.74) is -0.482. The van der Waals surface area contributed by atoms with Crippen molar-refractivity contribution in [1.82, 2.24) is 10.2 Å². The monoisotopic (exact) mass is 282 g/mol. The van der Waals surface area contributed by atoms with Crippen molar-refractivity contribution in [3.8, 4) is 0 Å². The Morgan fingerprint density at radius 2 is 2.00 bits per heavy atom. The van der Waals surface area contributed by atoms with Crippen LogP contribution in [0, 0.1) is 17.8 Å². The number of hydrogen-bond acceptors (Lipinski definition) is 4. The second kappa shape index (κ2) is 6.44. The molecule has 3 unspecified atom stereocenters. The van der Waals surface area contributed by atoms with Gasteiger partial charge in [-0.05, 0) is 50.1 Å². The van der Waals surface area contributed by atoms with Gasteiger partial charge in [-0.1, -0.05) is 20.8 Å². The average Bonchev–Trinajstić information content (AvgIpc) is 3.26. The number of ether oxygens (including phenoxy) is 1. The molecule has 0 radical (unpaired) electrons. The Morgan fingerprint density at radius 1 is 1.30 bits per heavy atom. The summed E-state index contributed by atoms with van der Waals surface area (Å²) in [7, 11) is 1.51. The van der Waals surface area contributed by atoms with Gasteiger partial charge >= 0.3 is 5.97 Å². The number of hydrogen-bond donors (Lipinski definition) is 1. The lowest BCUT2D eigenvalue weighted by molar-refractivity contribution is -0.151. The Bertz CT molecular complexity index is 343. The standard InChI is InChI=1S/C16H30N2O2/c1-5-17-16(14-6-7-14,15(19)20-4)11-18-9-8-12(2)13(3)10-18/h12-14,17H,5-11H2,1-4H3. The zero-order chi connectivity index (χ0) is 14.8. The van der Waals surface area contributed by atoms with E-state index in [1.54, 1.807) is 0 Å². The molecule has 0 spiro atoms. The van der Waals surface area contributed by atoms with E-state index in [2.05, 4.69) is 31.0 Å². The minimum atomic E-state index is -0.482. The molecular formula is C16H30N2O2. The van der Waals surface area contributed by atoms with E-state index in [1.807, 2.05) is 0 Å². The highest BCUT2D eigenvalue weighted by Crippen LogP contribution is 2.41. The summed E-state index contributed by atoms with van der Waals surface area (Å²) in [6, 6.07) is 0. The van der Waals surface area contributed by atoms with Crippen LogP contribution in [0.3, 0.4) is 0 Å². The lowest BCUT2D eigenvalue weighted by Crippen LogP contribution is -2.62. The number of esters is 1. The van der Waals surface area contributed by atoms with Gasteiger partial charge in [-0.3, -0.25) is 0 Å². The molecule has 20 heavy (non-hydrogen) atoms. The van der Waals surface area contributed by atoms with Crippen molar-refractivity contribution < 1.29 is 9.53 Å². The van der Waals surface area contributed by atoms with Crippen LogP contribution in [-0.4, -0.2) is 49.7 Å². The van der Waals surface area contributed by atoms with Crippen molar-refractivity contribution in [3.63, 3.8) is 0 Å². The zero-order valence-corrected chi connectivity index (χ0v) is 13.4. The van der Waals surface area contributed by atoms with Gasteiger partial charge in [0.05, 0.1) is 7.11 Å². The molecule has 2 rings (SSSR count). The van der Waals surface area contributed by atoms with Crippen LogP contribution in [-0.2, 0) is 9.53 Å². The fourth-order valence-corrected chi connectivity index (χ4v) is 3.55. The Balaban J connectivity index is 2.09. The van der Waals surface area contributed by atoms with Crippen molar-refractivity contribution in [2.24, 2.45) is 17.8 Å². The molecule has 4 nitrogen and oxygen atoms in total. The SMILES string of the molecule is CCNC(CN1CCC(C)C(C)C1)(C(=O)OC)C1CC1. The third-order valence-corrected chi connectivity index (χ3v) is 5.21. The van der Waals surface area contributed by atoms with E-state index in [9.17, 15) is 4.79 Å². The predicted octanol–water partition coefficient (Wildman–Crippen LogP) is 1.90. The molecule has 0 aromatic carbocycles. The molecule has 116 valence electrons. The van der Waals surface area contributed by atoms with Crippen LogP contribution in [0.2, 0.25) is 0 Å². The maximum absolute atomic E-state index is 12.4. The highest BCUT2D eigenvalue weighted by atomic mass is 16.5. The normalized spacial score (nSPS) is 30.8. The highest BCUT2D eigenvalue weighted by Gasteiger charge is 2.52. The first-order valence-corrected chi connectivity index (χ1v) is 8.09. The van der Waals surface area contributed by atoms with E-state index in [0.29, 0.717) is 11.8 Å². The molecule has 1 aliphatic carbocycles. The summed E-state index contributed by atoms with van der Waals surface area (Å²) in [6.07, 6.45) is 3.51. The van der Waals surface area contributed by atoms with Gasteiger partial charge in [-0.25, -0.2) is 4.79 Å². The summed E-state index contributed by atoms with van der Waals surface area (Å²) in [5, 5.41) is 3.47. The lowest BCUT2D eigenvalue weighted by Gasteiger charge is -2.41. The summed E-state index contributed by atoms with van der Waals surface area (Å²) >= 11 is 0. The van der Waals surface area contributed by atoms with Crippen molar-refractivity contribution >= 4 is 5.97 Å². The summed E-state index contributed by atoms with van der Waals surface area (Å²) in [4.78, 5) is 14.9. The number of methoxy groups -OCH3 is 1. The van der Waals surface area contributed by atoms with E-state index in [1.165, 1.54) is 13.5 Å². The molecule has 2 aliphatic rings. The molecule has 1 N–H and O–H groups in total. The first-order valence-electron chi connectivity index (χ1n) is 8.09. The van der Waals surface area contributed by atoms with Crippen LogP contribution in [0.1, 0.15) is 40.0 Å². The van der Waals surface area contributed by atoms with Crippen molar-refractivity contribution in [1.29, 1.82) is 0 Å². The van der Waals surface area contributed by atoms with Gasteiger partial charge in [0.25, 0.3) is 0 Å². The molecule has 0 bridgehead atoms. The molecule has 2 fully saturated rings. The van der Waals surface area contributed by atoms with Crippen LogP contribution in [0.5, 0.6) is 0 Å². The smallest absolute Gasteiger partial charge is 0.327 e. The Hall–Kier alpha value is -0.610. The van der Waals surface area contributed by atoms with E-state index < -0.39 is 5.54 Å². The molecular weight excluding hydrogens is 252 g/mol. The zero-order valence-electron chi connectivity index (χ0n) is 13.4. The van der Waals surface area contributed by atoms with Gasteiger partial charge < -0.3 is 15.0 Å². The van der Waals surface area contributed by atoms with Crippen molar-refractivity contribution in [3.05, 3.63) is 0 Å². The average molecular weight is 282 g/mol. The number of nitrogens with one attached hydrogen (secondary N) is 1. The van der Waals surface area contributed by atoms with Gasteiger partial charge in [0, 0.05) is 13.1 Å². The Labute approximate surface area is 123 Å². The number of rotatable bonds is 6. The van der Waals surface area contributed by atoms with Crippen LogP contribution in [0.4, 0.5) is 0 Å². The summed E-state index contributed by atoms with van der Waals surface area (Å²) in [6.45, 7) is 10.5. The van der Waals surface area contributed by atoms with Crippen LogP contribution < -0.4 is 5.32 Å². The van der Waals surface area contributed by atoms with Crippen LogP contribution in [0.15, 0.2) is 0 Å². The molecule has 1 aliphatic heterocycles. The number of piperidine rings is 1. The number of nitrogens with zero attached hydrogens (tertiary/aromatic N) is 1. The molecule has 1 saturated heterocycles. The fourth-order valence-electron chi connectivity index (χ4n) is 3.55. The van der Waals surface area contributed by atoms with Gasteiger partial charge in [0.2, 0.25) is 0 Å². The first kappa shape index (κ1) is 15.8. The molecule has 1 saturated carbocycles. The highest BCUT2D eigenvalue weighted by molar-refractivity contribution is 5.82. The van der Waals surface area contributed by atoms with E-state index >= 15 is 0 Å². The lowest BCUT2D eigenvalue weighted by atomic mass is 9.86. The minimum Gasteiger partial charge on any atom is -0.468 e. The molecule has 0 aromatic heterocycles. The molecule has 1 heterocycles. The van der Waals surface area contributed by atoms with Crippen molar-refractivity contribution in [2.45, 2.75) is 45.6 Å². The van der Waals surface area contributed by atoms with Gasteiger partial charge in [0.1, 0.15) is 5.54 Å². The number of likely N-dealkylation sites (N-methyl/N-ethyl adjacent to an activating group) is 1. The largest absolute Gasteiger partial charge is 0.468 e. The number of carbonyl (C=O) groups is 1. The molecule has 3 atom stereocenters. The van der Waals surface area contributed by atoms with Crippen molar-refractivity contribution in [2.75, 3.05) is 33.3 Å². The predicted molar refractivity (Wildman–Crippen MR) is 80.5 cm³/mol. The topological polar surface area (TPSA) is 41.6 Å². The quantitative estimate of drug-likeness (QED) is 0.756.